The molecule has 1 atom stereocenters. The molecule has 0 aromatic rings. The zero-order valence-corrected chi connectivity index (χ0v) is 9.22. The fourth-order valence-electron chi connectivity index (χ4n) is 1.77. The molecule has 13 heavy (non-hydrogen) atoms. The summed E-state index contributed by atoms with van der Waals surface area (Å²) in [6.45, 7) is 4.18. The lowest BCUT2D eigenvalue weighted by Crippen LogP contribution is -2.32. The van der Waals surface area contributed by atoms with Crippen LogP contribution in [-0.2, 0) is 4.79 Å². The summed E-state index contributed by atoms with van der Waals surface area (Å²) in [4.78, 5) is 13.5. The summed E-state index contributed by atoms with van der Waals surface area (Å²) >= 11 is 4.08. The van der Waals surface area contributed by atoms with Gasteiger partial charge in [0.05, 0.1) is 0 Å². The minimum Gasteiger partial charge on any atom is -0.343 e. The molecule has 1 amide bonds. The van der Waals surface area contributed by atoms with Crippen LogP contribution in [0.3, 0.4) is 0 Å². The Kier molecular flexibility index (Phi) is 4.64. The summed E-state index contributed by atoms with van der Waals surface area (Å²) in [5.41, 5.74) is 0. The molecular weight excluding hydrogens is 182 g/mol. The van der Waals surface area contributed by atoms with E-state index >= 15 is 0 Å². The number of likely N-dealkylation sites (tertiary alicyclic amines) is 1. The van der Waals surface area contributed by atoms with Gasteiger partial charge in [-0.15, -0.1) is 0 Å². The lowest BCUT2D eigenvalue weighted by atomic mass is 10.0. The van der Waals surface area contributed by atoms with Gasteiger partial charge < -0.3 is 4.90 Å². The zero-order chi connectivity index (χ0) is 9.68. The van der Waals surface area contributed by atoms with Gasteiger partial charge in [0.25, 0.3) is 0 Å². The Hall–Kier alpha value is -0.180. The zero-order valence-electron chi connectivity index (χ0n) is 8.33. The fourth-order valence-corrected chi connectivity index (χ4v) is 1.96. The first-order chi connectivity index (χ1) is 6.24. The lowest BCUT2D eigenvalue weighted by molar-refractivity contribution is -0.130. The van der Waals surface area contributed by atoms with E-state index in [-0.39, 0.29) is 5.91 Å². The van der Waals surface area contributed by atoms with Crippen molar-refractivity contribution in [2.45, 2.75) is 32.6 Å². The van der Waals surface area contributed by atoms with E-state index in [1.807, 2.05) is 4.90 Å². The van der Waals surface area contributed by atoms with Crippen LogP contribution in [0.1, 0.15) is 32.6 Å². The first kappa shape index (κ1) is 10.9. The lowest BCUT2D eigenvalue weighted by Gasteiger charge is -2.19. The van der Waals surface area contributed by atoms with E-state index in [0.717, 1.165) is 25.4 Å². The van der Waals surface area contributed by atoms with E-state index in [9.17, 15) is 4.79 Å². The van der Waals surface area contributed by atoms with Crippen LogP contribution < -0.4 is 0 Å². The molecule has 0 saturated carbocycles. The van der Waals surface area contributed by atoms with Crippen LogP contribution in [0.4, 0.5) is 0 Å². The highest BCUT2D eigenvalue weighted by Crippen LogP contribution is 2.16. The van der Waals surface area contributed by atoms with Gasteiger partial charge >= 0.3 is 0 Å². The highest BCUT2D eigenvalue weighted by atomic mass is 32.1. The molecule has 1 saturated heterocycles. The molecule has 1 unspecified atom stereocenters. The van der Waals surface area contributed by atoms with Crippen molar-refractivity contribution in [3.8, 4) is 0 Å². The van der Waals surface area contributed by atoms with Crippen LogP contribution >= 0.6 is 12.6 Å². The largest absolute Gasteiger partial charge is 0.343 e. The van der Waals surface area contributed by atoms with Crippen LogP contribution in [-0.4, -0.2) is 29.6 Å². The van der Waals surface area contributed by atoms with Gasteiger partial charge in [-0.25, -0.2) is 0 Å². The Bertz CT molecular complexity index is 172. The molecule has 1 fully saturated rings. The average Bonchev–Trinajstić information content (AvgIpc) is 2.30. The van der Waals surface area contributed by atoms with Gasteiger partial charge in [0, 0.05) is 19.5 Å². The van der Waals surface area contributed by atoms with Crippen molar-refractivity contribution >= 4 is 18.5 Å². The number of thiol groups is 1. The summed E-state index contributed by atoms with van der Waals surface area (Å²) in [5, 5.41) is 0. The summed E-state index contributed by atoms with van der Waals surface area (Å²) in [6, 6.07) is 0. The van der Waals surface area contributed by atoms with Crippen molar-refractivity contribution < 1.29 is 4.79 Å². The number of carbonyl (C=O) groups excluding carboxylic acids is 1. The van der Waals surface area contributed by atoms with E-state index in [1.54, 1.807) is 0 Å². The number of hydrogen-bond acceptors (Lipinski definition) is 2. The van der Waals surface area contributed by atoms with Gasteiger partial charge in [-0.05, 0) is 30.9 Å². The van der Waals surface area contributed by atoms with Crippen LogP contribution in [0.2, 0.25) is 0 Å². The molecule has 0 radical (unpaired) electrons. The van der Waals surface area contributed by atoms with Gasteiger partial charge in [0.1, 0.15) is 0 Å². The van der Waals surface area contributed by atoms with Crippen molar-refractivity contribution in [2.75, 3.05) is 18.8 Å². The van der Waals surface area contributed by atoms with E-state index in [2.05, 4.69) is 19.6 Å². The predicted octanol–water partition coefficient (Wildman–Crippen LogP) is 1.95. The van der Waals surface area contributed by atoms with E-state index in [4.69, 9.17) is 0 Å². The Morgan fingerprint density at radius 2 is 2.23 bits per heavy atom. The average molecular weight is 201 g/mol. The Labute approximate surface area is 86.1 Å². The Balaban J connectivity index is 2.37. The molecule has 1 aliphatic rings. The van der Waals surface area contributed by atoms with Crippen molar-refractivity contribution in [1.82, 2.24) is 4.90 Å². The summed E-state index contributed by atoms with van der Waals surface area (Å²) in [5.74, 6) is 1.74. The standard InChI is InChI=1S/C10H19NOS/c1-9-3-2-6-11(7-4-9)10(12)5-8-13/h9,13H,2-8H2,1H3. The number of rotatable bonds is 2. The molecule has 76 valence electrons. The molecule has 3 heteroatoms. The first-order valence-electron chi connectivity index (χ1n) is 5.12. The van der Waals surface area contributed by atoms with Crippen molar-refractivity contribution in [3.63, 3.8) is 0 Å². The van der Waals surface area contributed by atoms with Crippen molar-refractivity contribution in [3.05, 3.63) is 0 Å². The molecule has 0 aromatic carbocycles. The second-order valence-corrected chi connectivity index (χ2v) is 4.34. The highest BCUT2D eigenvalue weighted by Gasteiger charge is 2.17. The third-order valence-electron chi connectivity index (χ3n) is 2.70. The normalized spacial score (nSPS) is 24.2. The minimum absolute atomic E-state index is 0.282. The minimum atomic E-state index is 0.282. The van der Waals surface area contributed by atoms with E-state index in [1.165, 1.54) is 12.8 Å². The molecule has 1 heterocycles. The van der Waals surface area contributed by atoms with Crippen LogP contribution in [0.15, 0.2) is 0 Å². The van der Waals surface area contributed by atoms with Crippen LogP contribution in [0.25, 0.3) is 0 Å². The third kappa shape index (κ3) is 3.59. The molecule has 0 aromatic heterocycles. The summed E-state index contributed by atoms with van der Waals surface area (Å²) in [7, 11) is 0. The third-order valence-corrected chi connectivity index (χ3v) is 2.92. The molecule has 2 nitrogen and oxygen atoms in total. The molecule has 0 bridgehead atoms. The number of carbonyl (C=O) groups is 1. The van der Waals surface area contributed by atoms with Crippen molar-refractivity contribution in [1.29, 1.82) is 0 Å². The highest BCUT2D eigenvalue weighted by molar-refractivity contribution is 7.80. The quantitative estimate of drug-likeness (QED) is 0.677. The van der Waals surface area contributed by atoms with E-state index in [0.29, 0.717) is 12.2 Å². The topological polar surface area (TPSA) is 20.3 Å². The molecule has 1 rings (SSSR count). The monoisotopic (exact) mass is 201 g/mol. The second kappa shape index (κ2) is 5.53. The molecular formula is C10H19NOS. The summed E-state index contributed by atoms with van der Waals surface area (Å²) in [6.07, 6.45) is 4.19. The summed E-state index contributed by atoms with van der Waals surface area (Å²) < 4.78 is 0. The van der Waals surface area contributed by atoms with Gasteiger partial charge in [-0.3, -0.25) is 4.79 Å². The Morgan fingerprint density at radius 3 is 2.92 bits per heavy atom. The molecule has 0 aliphatic carbocycles. The van der Waals surface area contributed by atoms with Crippen LogP contribution in [0, 0.1) is 5.92 Å². The van der Waals surface area contributed by atoms with Gasteiger partial charge in [0.2, 0.25) is 5.91 Å². The van der Waals surface area contributed by atoms with Gasteiger partial charge in [-0.2, -0.15) is 12.6 Å². The first-order valence-corrected chi connectivity index (χ1v) is 5.76. The van der Waals surface area contributed by atoms with Gasteiger partial charge in [-0.1, -0.05) is 6.92 Å². The fraction of sp³-hybridized carbons (Fsp3) is 0.900. The second-order valence-electron chi connectivity index (χ2n) is 3.89. The molecule has 1 aliphatic heterocycles. The smallest absolute Gasteiger partial charge is 0.223 e. The molecule has 0 spiro atoms. The SMILES string of the molecule is CC1CCCN(C(=O)CCS)CC1. The number of amides is 1. The maximum absolute atomic E-state index is 11.5. The predicted molar refractivity (Wildman–Crippen MR) is 58.1 cm³/mol. The van der Waals surface area contributed by atoms with Gasteiger partial charge in [0.15, 0.2) is 0 Å². The van der Waals surface area contributed by atoms with E-state index < -0.39 is 0 Å². The maximum atomic E-state index is 11.5. The maximum Gasteiger partial charge on any atom is 0.223 e. The van der Waals surface area contributed by atoms with Crippen LogP contribution in [0.5, 0.6) is 0 Å². The molecule has 0 N–H and O–H groups in total. The van der Waals surface area contributed by atoms with Crippen molar-refractivity contribution in [2.24, 2.45) is 5.92 Å². The number of hydrogen-bond donors (Lipinski definition) is 1. The number of nitrogens with zero attached hydrogens (tertiary/aromatic N) is 1. The Morgan fingerprint density at radius 1 is 1.46 bits per heavy atom.